The molecule has 0 aliphatic heterocycles. The summed E-state index contributed by atoms with van der Waals surface area (Å²) in [7, 11) is 1.71. The average molecular weight is 318 g/mol. The largest absolute Gasteiger partial charge is 0.434 e. The molecule has 0 aromatic carbocycles. The van der Waals surface area contributed by atoms with Crippen molar-refractivity contribution in [3.05, 3.63) is 22.8 Å². The molecular weight excluding hydrogens is 301 g/mol. The van der Waals surface area contributed by atoms with Crippen molar-refractivity contribution >= 4 is 11.3 Å². The summed E-state index contributed by atoms with van der Waals surface area (Å²) in [4.78, 5) is 3.92. The second kappa shape index (κ2) is 5.42. The van der Waals surface area contributed by atoms with Crippen LogP contribution in [0.3, 0.4) is 0 Å². The normalized spacial score (nSPS) is 12.9. The highest BCUT2D eigenvalue weighted by molar-refractivity contribution is 7.15. The van der Waals surface area contributed by atoms with Gasteiger partial charge in [-0.2, -0.15) is 18.3 Å². The van der Waals surface area contributed by atoms with E-state index in [1.165, 1.54) is 4.68 Å². The summed E-state index contributed by atoms with van der Waals surface area (Å²) in [6.45, 7) is 5.84. The SMILES string of the molecule is Cn1ccc(-c2nc(C(F)(F)F)c(CNC(C)(C)C)s2)n1. The molecule has 0 aliphatic rings. The predicted octanol–water partition coefficient (Wildman–Crippen LogP) is 3.45. The molecule has 0 bridgehead atoms. The fraction of sp³-hybridized carbons (Fsp3) is 0.538. The van der Waals surface area contributed by atoms with Crippen LogP contribution < -0.4 is 5.32 Å². The molecule has 0 amide bonds. The van der Waals surface area contributed by atoms with Crippen molar-refractivity contribution in [2.24, 2.45) is 7.05 Å². The fourth-order valence-electron chi connectivity index (χ4n) is 1.68. The van der Waals surface area contributed by atoms with Crippen LogP contribution in [0.5, 0.6) is 0 Å². The van der Waals surface area contributed by atoms with Gasteiger partial charge in [0.25, 0.3) is 0 Å². The molecule has 21 heavy (non-hydrogen) atoms. The monoisotopic (exact) mass is 318 g/mol. The number of nitrogens with zero attached hydrogens (tertiary/aromatic N) is 3. The molecule has 0 atom stereocenters. The Hall–Kier alpha value is -1.41. The minimum atomic E-state index is -4.46. The molecule has 2 heterocycles. The molecule has 2 aromatic rings. The van der Waals surface area contributed by atoms with Gasteiger partial charge in [-0.05, 0) is 26.8 Å². The Morgan fingerprint density at radius 2 is 1.95 bits per heavy atom. The topological polar surface area (TPSA) is 42.7 Å². The van der Waals surface area contributed by atoms with E-state index in [9.17, 15) is 13.2 Å². The van der Waals surface area contributed by atoms with Crippen molar-refractivity contribution in [1.29, 1.82) is 0 Å². The minimum Gasteiger partial charge on any atom is -0.307 e. The maximum atomic E-state index is 13.1. The Kier molecular flexibility index (Phi) is 4.12. The third-order valence-electron chi connectivity index (χ3n) is 2.68. The molecule has 116 valence electrons. The minimum absolute atomic E-state index is 0.128. The van der Waals surface area contributed by atoms with Gasteiger partial charge < -0.3 is 5.32 Å². The molecule has 0 fully saturated rings. The number of thiazole rings is 1. The van der Waals surface area contributed by atoms with E-state index in [4.69, 9.17) is 0 Å². The molecular formula is C13H17F3N4S. The van der Waals surface area contributed by atoms with E-state index >= 15 is 0 Å². The average Bonchev–Trinajstić information content (AvgIpc) is 2.90. The van der Waals surface area contributed by atoms with Crippen molar-refractivity contribution < 1.29 is 13.2 Å². The Balaban J connectivity index is 2.36. The van der Waals surface area contributed by atoms with Gasteiger partial charge in [-0.25, -0.2) is 4.98 Å². The zero-order chi connectivity index (χ0) is 15.8. The first kappa shape index (κ1) is 16.0. The summed E-state index contributed by atoms with van der Waals surface area (Å²) >= 11 is 1.02. The van der Waals surface area contributed by atoms with Gasteiger partial charge in [-0.15, -0.1) is 11.3 Å². The van der Waals surface area contributed by atoms with Crippen LogP contribution in [0.4, 0.5) is 13.2 Å². The summed E-state index contributed by atoms with van der Waals surface area (Å²) in [5, 5.41) is 7.45. The molecule has 0 radical (unpaired) electrons. The van der Waals surface area contributed by atoms with E-state index in [0.717, 1.165) is 11.3 Å². The summed E-state index contributed by atoms with van der Waals surface area (Å²) in [6.07, 6.45) is -2.78. The second-order valence-electron chi connectivity index (χ2n) is 5.77. The predicted molar refractivity (Wildman–Crippen MR) is 75.9 cm³/mol. The van der Waals surface area contributed by atoms with Crippen molar-refractivity contribution in [2.75, 3.05) is 0 Å². The lowest BCUT2D eigenvalue weighted by Gasteiger charge is -2.20. The highest BCUT2D eigenvalue weighted by Gasteiger charge is 2.37. The van der Waals surface area contributed by atoms with Crippen LogP contribution in [0.15, 0.2) is 12.3 Å². The Morgan fingerprint density at radius 3 is 2.43 bits per heavy atom. The maximum Gasteiger partial charge on any atom is 0.434 e. The molecule has 0 spiro atoms. The number of rotatable bonds is 3. The number of nitrogens with one attached hydrogen (secondary N) is 1. The van der Waals surface area contributed by atoms with Crippen molar-refractivity contribution in [2.45, 2.75) is 39.0 Å². The van der Waals surface area contributed by atoms with Gasteiger partial charge >= 0.3 is 6.18 Å². The lowest BCUT2D eigenvalue weighted by atomic mass is 10.1. The van der Waals surface area contributed by atoms with Crippen molar-refractivity contribution in [3.63, 3.8) is 0 Å². The molecule has 4 nitrogen and oxygen atoms in total. The lowest BCUT2D eigenvalue weighted by Crippen LogP contribution is -2.35. The highest BCUT2D eigenvalue weighted by Crippen LogP contribution is 2.37. The van der Waals surface area contributed by atoms with Gasteiger partial charge in [0.15, 0.2) is 5.69 Å². The van der Waals surface area contributed by atoms with Crippen LogP contribution in [0, 0.1) is 0 Å². The first-order chi connectivity index (χ1) is 9.56. The Labute approximate surface area is 125 Å². The molecule has 0 unspecified atom stereocenters. The van der Waals surface area contributed by atoms with Crippen LogP contribution in [0.2, 0.25) is 0 Å². The van der Waals surface area contributed by atoms with Crippen molar-refractivity contribution in [3.8, 4) is 10.7 Å². The van der Waals surface area contributed by atoms with Gasteiger partial charge in [0.1, 0.15) is 10.7 Å². The van der Waals surface area contributed by atoms with Gasteiger partial charge in [-0.1, -0.05) is 0 Å². The van der Waals surface area contributed by atoms with Gasteiger partial charge in [-0.3, -0.25) is 4.68 Å². The third-order valence-corrected chi connectivity index (χ3v) is 3.76. The molecule has 1 N–H and O–H groups in total. The molecule has 8 heteroatoms. The summed E-state index contributed by atoms with van der Waals surface area (Å²) < 4.78 is 40.8. The highest BCUT2D eigenvalue weighted by atomic mass is 32.1. The zero-order valence-electron chi connectivity index (χ0n) is 12.2. The van der Waals surface area contributed by atoms with Gasteiger partial charge in [0.05, 0.1) is 4.88 Å². The first-order valence-electron chi connectivity index (χ1n) is 6.38. The third kappa shape index (κ3) is 4.04. The lowest BCUT2D eigenvalue weighted by molar-refractivity contribution is -0.141. The van der Waals surface area contributed by atoms with E-state index in [1.54, 1.807) is 19.3 Å². The Morgan fingerprint density at radius 1 is 1.29 bits per heavy atom. The van der Waals surface area contributed by atoms with E-state index in [2.05, 4.69) is 15.4 Å². The van der Waals surface area contributed by atoms with Crippen LogP contribution >= 0.6 is 11.3 Å². The number of aromatic nitrogens is 3. The summed E-state index contributed by atoms with van der Waals surface area (Å²) in [5.74, 6) is 0. The summed E-state index contributed by atoms with van der Waals surface area (Å²) in [6, 6.07) is 1.65. The molecule has 0 saturated heterocycles. The first-order valence-corrected chi connectivity index (χ1v) is 7.20. The number of alkyl halides is 3. The standard InChI is InChI=1S/C13H17F3N4S/c1-12(2,3)17-7-9-10(13(14,15)16)18-11(21-9)8-5-6-20(4)19-8/h5-6,17H,7H2,1-4H3. The van der Waals surface area contributed by atoms with Crippen LogP contribution in [0.25, 0.3) is 10.7 Å². The number of aryl methyl sites for hydroxylation is 1. The second-order valence-corrected chi connectivity index (χ2v) is 6.85. The van der Waals surface area contributed by atoms with E-state index in [0.29, 0.717) is 5.69 Å². The molecule has 0 aliphatic carbocycles. The van der Waals surface area contributed by atoms with Crippen LogP contribution in [-0.4, -0.2) is 20.3 Å². The van der Waals surface area contributed by atoms with Crippen molar-refractivity contribution in [1.82, 2.24) is 20.1 Å². The molecule has 0 saturated carbocycles. The number of hydrogen-bond donors (Lipinski definition) is 1. The zero-order valence-corrected chi connectivity index (χ0v) is 13.1. The van der Waals surface area contributed by atoms with E-state index in [-0.39, 0.29) is 22.0 Å². The maximum absolute atomic E-state index is 13.1. The van der Waals surface area contributed by atoms with E-state index in [1.807, 2.05) is 20.8 Å². The molecule has 2 aromatic heterocycles. The van der Waals surface area contributed by atoms with Gasteiger partial charge in [0, 0.05) is 25.3 Å². The molecule has 2 rings (SSSR count). The Bertz CT molecular complexity index is 622. The van der Waals surface area contributed by atoms with E-state index < -0.39 is 11.9 Å². The number of hydrogen-bond acceptors (Lipinski definition) is 4. The smallest absolute Gasteiger partial charge is 0.307 e. The summed E-state index contributed by atoms with van der Waals surface area (Å²) in [5.41, 5.74) is -0.641. The van der Waals surface area contributed by atoms with Gasteiger partial charge in [0.2, 0.25) is 0 Å². The van der Waals surface area contributed by atoms with Crippen LogP contribution in [0.1, 0.15) is 31.3 Å². The quantitative estimate of drug-likeness (QED) is 0.942. The fourth-order valence-corrected chi connectivity index (χ4v) is 2.66. The van der Waals surface area contributed by atoms with Crippen LogP contribution in [-0.2, 0) is 19.8 Å². The number of halogens is 3.